The molecule has 0 bridgehead atoms. The summed E-state index contributed by atoms with van der Waals surface area (Å²) >= 11 is 0. The second-order valence-corrected chi connectivity index (χ2v) is 4.27. The average molecular weight is 251 g/mol. The number of amides is 1. The topological polar surface area (TPSA) is 58.6 Å². The van der Waals surface area contributed by atoms with Crippen LogP contribution in [0.1, 0.15) is 31.2 Å². The molecule has 0 saturated heterocycles. The lowest BCUT2D eigenvalue weighted by molar-refractivity contribution is -0.121. The van der Waals surface area contributed by atoms with Crippen LogP contribution in [0.4, 0.5) is 0 Å². The molecule has 1 unspecified atom stereocenters. The van der Waals surface area contributed by atoms with Crippen LogP contribution < -0.4 is 10.1 Å². The molecule has 1 atom stereocenters. The standard InChI is InChI=1S/C14H21NO3/c1-11(10-14(17)15-8-5-9-16)12-6-3-4-7-13(12)18-2/h3-4,6-7,11,16H,5,8-10H2,1-2H3,(H,15,17). The van der Waals surface area contributed by atoms with E-state index in [1.54, 1.807) is 7.11 Å². The van der Waals surface area contributed by atoms with E-state index in [9.17, 15) is 4.79 Å². The quantitative estimate of drug-likeness (QED) is 0.725. The third kappa shape index (κ3) is 4.37. The molecule has 1 rings (SSSR count). The number of nitrogens with one attached hydrogen (secondary N) is 1. The van der Waals surface area contributed by atoms with E-state index in [1.165, 1.54) is 0 Å². The Hall–Kier alpha value is -1.55. The average Bonchev–Trinajstić information content (AvgIpc) is 2.39. The molecule has 0 fully saturated rings. The highest BCUT2D eigenvalue weighted by molar-refractivity contribution is 5.76. The van der Waals surface area contributed by atoms with Crippen LogP contribution in [0, 0.1) is 0 Å². The van der Waals surface area contributed by atoms with E-state index in [2.05, 4.69) is 5.32 Å². The first kappa shape index (κ1) is 14.5. The maximum absolute atomic E-state index is 11.7. The van der Waals surface area contributed by atoms with Crippen molar-refractivity contribution in [1.29, 1.82) is 0 Å². The van der Waals surface area contributed by atoms with E-state index in [0.717, 1.165) is 11.3 Å². The highest BCUT2D eigenvalue weighted by atomic mass is 16.5. The molecule has 0 aliphatic rings. The molecular weight excluding hydrogens is 230 g/mol. The van der Waals surface area contributed by atoms with Crippen LogP contribution in [0.3, 0.4) is 0 Å². The van der Waals surface area contributed by atoms with Gasteiger partial charge in [0.05, 0.1) is 7.11 Å². The largest absolute Gasteiger partial charge is 0.496 e. The molecule has 2 N–H and O–H groups in total. The van der Waals surface area contributed by atoms with Gasteiger partial charge >= 0.3 is 0 Å². The maximum atomic E-state index is 11.7. The Morgan fingerprint density at radius 2 is 2.17 bits per heavy atom. The van der Waals surface area contributed by atoms with Gasteiger partial charge in [-0.15, -0.1) is 0 Å². The number of carbonyl (C=O) groups is 1. The lowest BCUT2D eigenvalue weighted by Crippen LogP contribution is -2.26. The predicted molar refractivity (Wildman–Crippen MR) is 70.7 cm³/mol. The van der Waals surface area contributed by atoms with Crippen LogP contribution in [0.2, 0.25) is 0 Å². The Balaban J connectivity index is 2.53. The number of carbonyl (C=O) groups excluding carboxylic acids is 1. The van der Waals surface area contributed by atoms with Crippen LogP contribution in [0.25, 0.3) is 0 Å². The number of ether oxygens (including phenoxy) is 1. The molecular formula is C14H21NO3. The fraction of sp³-hybridized carbons (Fsp3) is 0.500. The molecule has 1 aromatic carbocycles. The van der Waals surface area contributed by atoms with Gasteiger partial charge in [0.25, 0.3) is 0 Å². The molecule has 4 heteroatoms. The summed E-state index contributed by atoms with van der Waals surface area (Å²) in [6.45, 7) is 2.62. The van der Waals surface area contributed by atoms with Crippen LogP contribution in [0.15, 0.2) is 24.3 Å². The number of para-hydroxylation sites is 1. The molecule has 0 aliphatic carbocycles. The van der Waals surface area contributed by atoms with Crippen LogP contribution >= 0.6 is 0 Å². The van der Waals surface area contributed by atoms with Crippen LogP contribution in [-0.2, 0) is 4.79 Å². The van der Waals surface area contributed by atoms with Gasteiger partial charge in [-0.3, -0.25) is 4.79 Å². The van der Waals surface area contributed by atoms with Crippen molar-refractivity contribution < 1.29 is 14.6 Å². The molecule has 0 saturated carbocycles. The van der Waals surface area contributed by atoms with Gasteiger partial charge in [-0.1, -0.05) is 25.1 Å². The minimum Gasteiger partial charge on any atom is -0.496 e. The highest BCUT2D eigenvalue weighted by Gasteiger charge is 2.14. The number of methoxy groups -OCH3 is 1. The monoisotopic (exact) mass is 251 g/mol. The summed E-state index contributed by atoms with van der Waals surface area (Å²) in [5.41, 5.74) is 1.04. The molecule has 1 aromatic rings. The van der Waals surface area contributed by atoms with E-state index in [4.69, 9.17) is 9.84 Å². The van der Waals surface area contributed by atoms with Crippen molar-refractivity contribution in [3.8, 4) is 5.75 Å². The normalized spacial score (nSPS) is 11.9. The van der Waals surface area contributed by atoms with Gasteiger partial charge < -0.3 is 15.2 Å². The molecule has 0 aromatic heterocycles. The van der Waals surface area contributed by atoms with Crippen molar-refractivity contribution in [3.05, 3.63) is 29.8 Å². The van der Waals surface area contributed by atoms with Crippen molar-refractivity contribution in [2.45, 2.75) is 25.7 Å². The van der Waals surface area contributed by atoms with Crippen molar-refractivity contribution in [1.82, 2.24) is 5.32 Å². The van der Waals surface area contributed by atoms with Crippen LogP contribution in [0.5, 0.6) is 5.75 Å². The second-order valence-electron chi connectivity index (χ2n) is 4.27. The predicted octanol–water partition coefficient (Wildman–Crippen LogP) is 1.69. The number of hydrogen-bond acceptors (Lipinski definition) is 3. The first-order chi connectivity index (χ1) is 8.69. The molecule has 4 nitrogen and oxygen atoms in total. The summed E-state index contributed by atoms with van der Waals surface area (Å²) in [6, 6.07) is 7.73. The Bertz CT molecular complexity index is 379. The molecule has 0 heterocycles. The highest BCUT2D eigenvalue weighted by Crippen LogP contribution is 2.28. The molecule has 18 heavy (non-hydrogen) atoms. The fourth-order valence-electron chi connectivity index (χ4n) is 1.84. The lowest BCUT2D eigenvalue weighted by Gasteiger charge is -2.15. The summed E-state index contributed by atoms with van der Waals surface area (Å²) in [5, 5.41) is 11.4. The number of aliphatic hydroxyl groups excluding tert-OH is 1. The van der Waals surface area contributed by atoms with Crippen molar-refractivity contribution in [3.63, 3.8) is 0 Å². The summed E-state index contributed by atoms with van der Waals surface area (Å²) < 4.78 is 5.28. The Labute approximate surface area is 108 Å². The SMILES string of the molecule is COc1ccccc1C(C)CC(=O)NCCCO. The van der Waals surface area contributed by atoms with E-state index in [-0.39, 0.29) is 18.4 Å². The van der Waals surface area contributed by atoms with Gasteiger partial charge in [-0.05, 0) is 24.0 Å². The van der Waals surface area contributed by atoms with E-state index < -0.39 is 0 Å². The number of aliphatic hydroxyl groups is 1. The molecule has 100 valence electrons. The Kier molecular flexibility index (Phi) is 6.22. The van der Waals surface area contributed by atoms with Gasteiger partial charge in [0.2, 0.25) is 5.91 Å². The summed E-state index contributed by atoms with van der Waals surface area (Å²) in [6.07, 6.45) is 1.01. The summed E-state index contributed by atoms with van der Waals surface area (Å²) in [4.78, 5) is 11.7. The zero-order valence-corrected chi connectivity index (χ0v) is 11.0. The Morgan fingerprint density at radius 1 is 1.44 bits per heavy atom. The van der Waals surface area contributed by atoms with E-state index in [0.29, 0.717) is 19.4 Å². The molecule has 0 aliphatic heterocycles. The smallest absolute Gasteiger partial charge is 0.220 e. The number of hydrogen-bond donors (Lipinski definition) is 2. The van der Waals surface area contributed by atoms with Gasteiger partial charge in [0.1, 0.15) is 5.75 Å². The lowest BCUT2D eigenvalue weighted by atomic mass is 9.96. The summed E-state index contributed by atoms with van der Waals surface area (Å²) in [5.74, 6) is 0.922. The first-order valence-electron chi connectivity index (χ1n) is 6.19. The van der Waals surface area contributed by atoms with E-state index in [1.807, 2.05) is 31.2 Å². The van der Waals surface area contributed by atoms with Gasteiger partial charge in [0, 0.05) is 19.6 Å². The zero-order chi connectivity index (χ0) is 13.4. The zero-order valence-electron chi connectivity index (χ0n) is 11.0. The summed E-state index contributed by atoms with van der Waals surface area (Å²) in [7, 11) is 1.63. The maximum Gasteiger partial charge on any atom is 0.220 e. The minimum absolute atomic E-state index is 0.00172. The third-order valence-corrected chi connectivity index (χ3v) is 2.82. The molecule has 0 radical (unpaired) electrons. The first-order valence-corrected chi connectivity index (χ1v) is 6.19. The van der Waals surface area contributed by atoms with Crippen molar-refractivity contribution >= 4 is 5.91 Å². The fourth-order valence-corrected chi connectivity index (χ4v) is 1.84. The van der Waals surface area contributed by atoms with Crippen molar-refractivity contribution in [2.24, 2.45) is 0 Å². The second kappa shape index (κ2) is 7.71. The third-order valence-electron chi connectivity index (χ3n) is 2.82. The van der Waals surface area contributed by atoms with E-state index >= 15 is 0 Å². The minimum atomic E-state index is 0.00172. The Morgan fingerprint density at radius 3 is 2.83 bits per heavy atom. The van der Waals surface area contributed by atoms with Crippen molar-refractivity contribution in [2.75, 3.05) is 20.3 Å². The van der Waals surface area contributed by atoms with Gasteiger partial charge in [-0.2, -0.15) is 0 Å². The van der Waals surface area contributed by atoms with Gasteiger partial charge in [-0.25, -0.2) is 0 Å². The van der Waals surface area contributed by atoms with Crippen LogP contribution in [-0.4, -0.2) is 31.3 Å². The molecule has 1 amide bonds. The molecule has 0 spiro atoms. The number of rotatable bonds is 7. The number of benzene rings is 1. The van der Waals surface area contributed by atoms with Gasteiger partial charge in [0.15, 0.2) is 0 Å².